The molecule has 2 aliphatic rings. The molecule has 12 heteroatoms. The Hall–Kier alpha value is -4.73. The van der Waals surface area contributed by atoms with Crippen LogP contribution < -0.4 is 5.32 Å². The summed E-state index contributed by atoms with van der Waals surface area (Å²) in [4.78, 5) is 27.4. The smallest absolute Gasteiger partial charge is 0.317 e. The zero-order chi connectivity index (χ0) is 28.9. The van der Waals surface area contributed by atoms with Gasteiger partial charge in [-0.25, -0.2) is 14.6 Å². The second-order valence-corrected chi connectivity index (χ2v) is 10.7. The van der Waals surface area contributed by atoms with Gasteiger partial charge in [-0.2, -0.15) is 5.26 Å². The van der Waals surface area contributed by atoms with Gasteiger partial charge in [0.1, 0.15) is 5.69 Å². The van der Waals surface area contributed by atoms with Crippen LogP contribution in [0.5, 0.6) is 0 Å². The van der Waals surface area contributed by atoms with Crippen LogP contribution in [0.2, 0.25) is 0 Å². The van der Waals surface area contributed by atoms with Gasteiger partial charge in [0, 0.05) is 23.8 Å². The standard InChI is InChI=1S/C30H31N9O3/c31-15-20-3-1-4-22(13-20)26-14-27(35-30(34-26)33-24-9-12-42-19-24)28-17-39(37-36-28)16-23-5-2-6-25(32-23)21-7-10-38(11-8-21)18-29(40)41/h1-6,13-14,17,21,24H,7-12,16,18-19H2,(H,40,41)(H,33,34,35). The summed E-state index contributed by atoms with van der Waals surface area (Å²) in [5.41, 5.74) is 5.15. The summed E-state index contributed by atoms with van der Waals surface area (Å²) < 4.78 is 7.25. The molecule has 0 radical (unpaired) electrons. The van der Waals surface area contributed by atoms with Gasteiger partial charge in [0.25, 0.3) is 0 Å². The molecule has 2 fully saturated rings. The van der Waals surface area contributed by atoms with Crippen molar-refractivity contribution in [2.45, 2.75) is 37.8 Å². The molecule has 5 heterocycles. The first-order valence-electron chi connectivity index (χ1n) is 14.1. The Bertz CT molecular complexity index is 1600. The number of nitrogens with zero attached hydrogens (tertiary/aromatic N) is 8. The number of pyridine rings is 1. The molecule has 4 aromatic rings. The fourth-order valence-corrected chi connectivity index (χ4v) is 5.42. The van der Waals surface area contributed by atoms with E-state index in [4.69, 9.17) is 24.8 Å². The quantitative estimate of drug-likeness (QED) is 0.307. The highest BCUT2D eigenvalue weighted by atomic mass is 16.5. The number of carboxylic acids is 1. The van der Waals surface area contributed by atoms with Crippen molar-refractivity contribution in [3.8, 4) is 28.7 Å². The molecule has 1 aromatic carbocycles. The first-order chi connectivity index (χ1) is 20.5. The molecule has 0 amide bonds. The lowest BCUT2D eigenvalue weighted by Crippen LogP contribution is -2.36. The maximum absolute atomic E-state index is 11.0. The van der Waals surface area contributed by atoms with Gasteiger partial charge >= 0.3 is 5.97 Å². The summed E-state index contributed by atoms with van der Waals surface area (Å²) in [6.07, 6.45) is 4.48. The second kappa shape index (κ2) is 12.4. The Balaban J connectivity index is 1.21. The average molecular weight is 566 g/mol. The lowest BCUT2D eigenvalue weighted by atomic mass is 9.93. The van der Waals surface area contributed by atoms with Gasteiger partial charge in [-0.15, -0.1) is 5.10 Å². The molecule has 0 spiro atoms. The summed E-state index contributed by atoms with van der Waals surface area (Å²) in [6.45, 7) is 3.33. The van der Waals surface area contributed by atoms with Crippen LogP contribution in [0.1, 0.15) is 42.1 Å². The van der Waals surface area contributed by atoms with E-state index in [-0.39, 0.29) is 12.6 Å². The van der Waals surface area contributed by atoms with Crippen molar-refractivity contribution in [1.29, 1.82) is 5.26 Å². The van der Waals surface area contributed by atoms with Gasteiger partial charge in [-0.05, 0) is 62.7 Å². The molecule has 42 heavy (non-hydrogen) atoms. The van der Waals surface area contributed by atoms with E-state index in [1.165, 1.54) is 0 Å². The van der Waals surface area contributed by atoms with Gasteiger partial charge in [0.05, 0.1) is 60.6 Å². The number of anilines is 1. The van der Waals surface area contributed by atoms with E-state index >= 15 is 0 Å². The van der Waals surface area contributed by atoms with E-state index in [2.05, 4.69) is 21.7 Å². The predicted molar refractivity (Wildman–Crippen MR) is 153 cm³/mol. The molecule has 0 aliphatic carbocycles. The number of hydrogen-bond donors (Lipinski definition) is 2. The summed E-state index contributed by atoms with van der Waals surface area (Å²) >= 11 is 0. The van der Waals surface area contributed by atoms with Crippen LogP contribution in [0.25, 0.3) is 22.6 Å². The van der Waals surface area contributed by atoms with E-state index in [0.717, 1.165) is 49.3 Å². The number of benzene rings is 1. The Morgan fingerprint density at radius 1 is 1.05 bits per heavy atom. The van der Waals surface area contributed by atoms with E-state index in [0.29, 0.717) is 54.3 Å². The molecule has 0 saturated carbocycles. The minimum Gasteiger partial charge on any atom is -0.480 e. The highest BCUT2D eigenvalue weighted by molar-refractivity contribution is 5.69. The van der Waals surface area contributed by atoms with Crippen LogP contribution in [-0.2, 0) is 16.1 Å². The van der Waals surface area contributed by atoms with Crippen LogP contribution in [0, 0.1) is 11.3 Å². The average Bonchev–Trinajstić information content (AvgIpc) is 3.70. The highest BCUT2D eigenvalue weighted by Gasteiger charge is 2.23. The molecule has 0 bridgehead atoms. The maximum atomic E-state index is 11.0. The first kappa shape index (κ1) is 27.4. The lowest BCUT2D eigenvalue weighted by molar-refractivity contribution is -0.138. The number of piperidine rings is 1. The first-order valence-corrected chi connectivity index (χ1v) is 14.1. The van der Waals surface area contributed by atoms with Crippen molar-refractivity contribution in [1.82, 2.24) is 34.8 Å². The number of hydrogen-bond acceptors (Lipinski definition) is 10. The highest BCUT2D eigenvalue weighted by Crippen LogP contribution is 2.28. The molecule has 214 valence electrons. The van der Waals surface area contributed by atoms with Crippen LogP contribution in [0.3, 0.4) is 0 Å². The van der Waals surface area contributed by atoms with Gasteiger partial charge in [-0.1, -0.05) is 23.4 Å². The summed E-state index contributed by atoms with van der Waals surface area (Å²) in [5.74, 6) is -0.0155. The van der Waals surface area contributed by atoms with Crippen molar-refractivity contribution in [2.75, 3.05) is 38.2 Å². The molecule has 12 nitrogen and oxygen atoms in total. The number of likely N-dealkylation sites (tertiary alicyclic amines) is 1. The number of aliphatic carboxylic acids is 1. The topological polar surface area (TPSA) is 155 Å². The van der Waals surface area contributed by atoms with Gasteiger partial charge in [0.2, 0.25) is 5.95 Å². The summed E-state index contributed by atoms with van der Waals surface area (Å²) in [6, 6.07) is 17.5. The predicted octanol–water partition coefficient (Wildman–Crippen LogP) is 3.18. The molecule has 2 N–H and O–H groups in total. The molecule has 3 aromatic heterocycles. The number of nitrogens with one attached hydrogen (secondary N) is 1. The van der Waals surface area contributed by atoms with Crippen molar-refractivity contribution in [2.24, 2.45) is 0 Å². The normalized spacial score (nSPS) is 17.6. The molecule has 2 aliphatic heterocycles. The Kier molecular flexibility index (Phi) is 8.12. The van der Waals surface area contributed by atoms with Crippen molar-refractivity contribution >= 4 is 11.9 Å². The van der Waals surface area contributed by atoms with Crippen LogP contribution in [0.4, 0.5) is 5.95 Å². The Labute approximate surface area is 243 Å². The van der Waals surface area contributed by atoms with Crippen LogP contribution in [0.15, 0.2) is 54.7 Å². The Morgan fingerprint density at radius 3 is 2.67 bits per heavy atom. The number of aromatic nitrogens is 6. The summed E-state index contributed by atoms with van der Waals surface area (Å²) in [5, 5.41) is 30.6. The molecule has 6 rings (SSSR count). The second-order valence-electron chi connectivity index (χ2n) is 10.7. The number of nitriles is 1. The minimum atomic E-state index is -0.789. The lowest BCUT2D eigenvalue weighted by Gasteiger charge is -2.30. The van der Waals surface area contributed by atoms with E-state index in [1.54, 1.807) is 16.8 Å². The zero-order valence-corrected chi connectivity index (χ0v) is 23.1. The Morgan fingerprint density at radius 2 is 1.88 bits per heavy atom. The van der Waals surface area contributed by atoms with E-state index in [9.17, 15) is 10.1 Å². The molecular weight excluding hydrogens is 534 g/mol. The monoisotopic (exact) mass is 565 g/mol. The van der Waals surface area contributed by atoms with Crippen molar-refractivity contribution in [3.63, 3.8) is 0 Å². The van der Waals surface area contributed by atoms with Gasteiger partial charge < -0.3 is 15.2 Å². The zero-order valence-electron chi connectivity index (χ0n) is 23.1. The van der Waals surface area contributed by atoms with Gasteiger partial charge in [0.15, 0.2) is 0 Å². The number of carboxylic acid groups (broad SMARTS) is 1. The number of ether oxygens (including phenoxy) is 1. The van der Waals surface area contributed by atoms with Crippen molar-refractivity contribution in [3.05, 3.63) is 71.7 Å². The number of rotatable bonds is 9. The van der Waals surface area contributed by atoms with Crippen molar-refractivity contribution < 1.29 is 14.6 Å². The van der Waals surface area contributed by atoms with Gasteiger partial charge in [-0.3, -0.25) is 14.7 Å². The maximum Gasteiger partial charge on any atom is 0.317 e. The molecule has 1 atom stereocenters. The fourth-order valence-electron chi connectivity index (χ4n) is 5.42. The van der Waals surface area contributed by atoms with Crippen LogP contribution >= 0.6 is 0 Å². The largest absolute Gasteiger partial charge is 0.480 e. The molecular formula is C30H31N9O3. The van der Waals surface area contributed by atoms with Crippen LogP contribution in [-0.4, -0.2) is 84.8 Å². The third-order valence-electron chi connectivity index (χ3n) is 7.59. The fraction of sp³-hybridized carbons (Fsp3) is 0.367. The SMILES string of the molecule is N#Cc1cccc(-c2cc(-c3cn(Cc4cccc(C5CCN(CC(=O)O)CC5)n4)nn3)nc(NC3CCOC3)n2)c1. The van der Waals surface area contributed by atoms with E-state index < -0.39 is 5.97 Å². The minimum absolute atomic E-state index is 0.0848. The number of carbonyl (C=O) groups is 1. The third-order valence-corrected chi connectivity index (χ3v) is 7.59. The molecule has 2 saturated heterocycles. The third kappa shape index (κ3) is 6.59. The van der Waals surface area contributed by atoms with E-state index in [1.807, 2.05) is 47.5 Å². The molecule has 1 unspecified atom stereocenters. The summed E-state index contributed by atoms with van der Waals surface area (Å²) in [7, 11) is 0.